The molecule has 0 bridgehead atoms. The summed E-state index contributed by atoms with van der Waals surface area (Å²) in [6, 6.07) is 0. The van der Waals surface area contributed by atoms with Gasteiger partial charge in [0.15, 0.2) is 0 Å². The summed E-state index contributed by atoms with van der Waals surface area (Å²) in [7, 11) is 0. The lowest BCUT2D eigenvalue weighted by atomic mass is 9.67. The number of carbonyl (C=O) groups excluding carboxylic acids is 2. The van der Waals surface area contributed by atoms with Crippen LogP contribution >= 0.6 is 11.8 Å². The average Bonchev–Trinajstić information content (AvgIpc) is 2.60. The third kappa shape index (κ3) is 2.21. The fraction of sp³-hybridized carbons (Fsp3) is 0.733. The van der Waals surface area contributed by atoms with Crippen molar-refractivity contribution >= 4 is 23.6 Å². The van der Waals surface area contributed by atoms with Crippen LogP contribution in [-0.4, -0.2) is 34.0 Å². The topological polar surface area (TPSA) is 66.4 Å². The summed E-state index contributed by atoms with van der Waals surface area (Å²) in [6.45, 7) is 4.03. The summed E-state index contributed by atoms with van der Waals surface area (Å²) >= 11 is 1.59. The predicted octanol–water partition coefficient (Wildman–Crippen LogP) is 2.02. The first-order valence-corrected chi connectivity index (χ1v) is 8.44. The zero-order valence-corrected chi connectivity index (χ0v) is 13.0. The van der Waals surface area contributed by atoms with Gasteiger partial charge in [0.25, 0.3) is 0 Å². The molecule has 0 saturated carbocycles. The molecule has 2 rings (SSSR count). The Morgan fingerprint density at radius 3 is 2.60 bits per heavy atom. The molecule has 0 unspecified atom stereocenters. The van der Waals surface area contributed by atoms with E-state index in [2.05, 4.69) is 12.2 Å². The molecule has 0 aromatic heterocycles. The molecule has 1 aliphatic carbocycles. The number of hydrogen-bond acceptors (Lipinski definition) is 4. The van der Waals surface area contributed by atoms with Crippen LogP contribution < -0.4 is 5.32 Å². The van der Waals surface area contributed by atoms with Crippen LogP contribution in [0.25, 0.3) is 0 Å². The number of thioether (sulfide) groups is 1. The Kier molecular flexibility index (Phi) is 4.91. The minimum absolute atomic E-state index is 0.118. The van der Waals surface area contributed by atoms with Crippen molar-refractivity contribution in [2.75, 3.05) is 12.4 Å². The summed E-state index contributed by atoms with van der Waals surface area (Å²) in [4.78, 5) is 24.2. The number of aliphatic hydroxyl groups is 1. The normalized spacial score (nSPS) is 28.4. The van der Waals surface area contributed by atoms with Crippen molar-refractivity contribution in [1.29, 1.82) is 0 Å². The molecule has 1 saturated heterocycles. The van der Waals surface area contributed by atoms with E-state index >= 15 is 0 Å². The molecule has 0 spiro atoms. The van der Waals surface area contributed by atoms with Gasteiger partial charge in [0.05, 0.1) is 12.5 Å². The molecule has 2 aliphatic rings. The van der Waals surface area contributed by atoms with Crippen molar-refractivity contribution in [3.63, 3.8) is 0 Å². The van der Waals surface area contributed by atoms with E-state index in [1.807, 2.05) is 6.92 Å². The maximum absolute atomic E-state index is 12.3. The monoisotopic (exact) mass is 297 g/mol. The number of carbonyl (C=O) groups is 2. The number of hydrogen-bond donors (Lipinski definition) is 2. The van der Waals surface area contributed by atoms with E-state index in [-0.39, 0.29) is 18.4 Å². The zero-order chi connectivity index (χ0) is 14.8. The molecule has 112 valence electrons. The first kappa shape index (κ1) is 15.6. The fourth-order valence-electron chi connectivity index (χ4n) is 3.32. The summed E-state index contributed by atoms with van der Waals surface area (Å²) in [5, 5.41) is 11.9. The van der Waals surface area contributed by atoms with Crippen LogP contribution in [0, 0.1) is 5.92 Å². The molecular formula is C15H23NO3S. The van der Waals surface area contributed by atoms with Crippen molar-refractivity contribution in [3.05, 3.63) is 11.1 Å². The van der Waals surface area contributed by atoms with Gasteiger partial charge in [0, 0.05) is 0 Å². The third-order valence-electron chi connectivity index (χ3n) is 4.28. The molecule has 1 heterocycles. The Hall–Kier alpha value is -0.810. The predicted molar refractivity (Wildman–Crippen MR) is 80.4 cm³/mol. The fourth-order valence-corrected chi connectivity index (χ4v) is 5.04. The highest BCUT2D eigenvalue weighted by Gasteiger charge is 2.65. The highest BCUT2D eigenvalue weighted by molar-refractivity contribution is 8.01. The van der Waals surface area contributed by atoms with E-state index in [0.717, 1.165) is 36.2 Å². The number of rotatable bonds is 8. The highest BCUT2D eigenvalue weighted by atomic mass is 32.2. The van der Waals surface area contributed by atoms with Gasteiger partial charge in [-0.25, -0.2) is 0 Å². The molecular weight excluding hydrogens is 274 g/mol. The van der Waals surface area contributed by atoms with Crippen molar-refractivity contribution in [2.45, 2.75) is 50.7 Å². The van der Waals surface area contributed by atoms with Gasteiger partial charge in [-0.05, 0) is 29.7 Å². The molecule has 2 amide bonds. The van der Waals surface area contributed by atoms with Gasteiger partial charge in [0.1, 0.15) is 4.75 Å². The maximum Gasteiger partial charge on any atom is 0.248 e. The van der Waals surface area contributed by atoms with E-state index in [4.69, 9.17) is 0 Å². The van der Waals surface area contributed by atoms with Crippen molar-refractivity contribution in [1.82, 2.24) is 5.32 Å². The van der Waals surface area contributed by atoms with E-state index in [0.29, 0.717) is 0 Å². The number of imide groups is 1. The maximum atomic E-state index is 12.3. The second-order valence-corrected chi connectivity index (χ2v) is 6.75. The smallest absolute Gasteiger partial charge is 0.248 e. The van der Waals surface area contributed by atoms with Crippen molar-refractivity contribution in [2.24, 2.45) is 5.92 Å². The SMILES string of the molecule is CCCCCCS[C@]12C(=O)NC(=O)[C@H]1C(CO)=C2CC. The van der Waals surface area contributed by atoms with Crippen LogP contribution in [-0.2, 0) is 9.59 Å². The minimum atomic E-state index is -0.712. The van der Waals surface area contributed by atoms with Crippen LogP contribution in [0.2, 0.25) is 0 Å². The minimum Gasteiger partial charge on any atom is -0.392 e. The lowest BCUT2D eigenvalue weighted by Gasteiger charge is -2.44. The van der Waals surface area contributed by atoms with Crippen molar-refractivity contribution < 1.29 is 14.7 Å². The molecule has 0 aromatic rings. The number of aliphatic hydroxyl groups excluding tert-OH is 1. The Balaban J connectivity index is 2.11. The van der Waals surface area contributed by atoms with E-state index in [1.165, 1.54) is 12.8 Å². The number of fused-ring (bicyclic) bond motifs is 1. The summed E-state index contributed by atoms with van der Waals surface area (Å²) in [6.07, 6.45) is 5.35. The van der Waals surface area contributed by atoms with Gasteiger partial charge in [0.2, 0.25) is 11.8 Å². The summed E-state index contributed by atoms with van der Waals surface area (Å²) in [5.41, 5.74) is 1.73. The molecule has 1 aliphatic heterocycles. The zero-order valence-electron chi connectivity index (χ0n) is 12.2. The van der Waals surface area contributed by atoms with Gasteiger partial charge in [-0.3, -0.25) is 14.9 Å². The highest BCUT2D eigenvalue weighted by Crippen LogP contribution is 2.57. The van der Waals surface area contributed by atoms with Gasteiger partial charge < -0.3 is 5.11 Å². The standard InChI is InChI=1S/C15H23NO3S/c1-3-5-6-7-8-20-15-11(4-2)10(9-17)12(15)13(18)16-14(15)19/h12,17H,3-9H2,1-2H3,(H,16,18,19)/t12-,15+/m1/s1. The summed E-state index contributed by atoms with van der Waals surface area (Å²) in [5.74, 6) is 0.0323. The first-order valence-electron chi connectivity index (χ1n) is 7.45. The van der Waals surface area contributed by atoms with E-state index < -0.39 is 10.7 Å². The largest absolute Gasteiger partial charge is 0.392 e. The van der Waals surface area contributed by atoms with Crippen LogP contribution in [0.15, 0.2) is 11.1 Å². The van der Waals surface area contributed by atoms with Crippen LogP contribution in [0.3, 0.4) is 0 Å². The van der Waals surface area contributed by atoms with Crippen LogP contribution in [0.4, 0.5) is 0 Å². The number of nitrogens with one attached hydrogen (secondary N) is 1. The van der Waals surface area contributed by atoms with Gasteiger partial charge in [-0.15, -0.1) is 11.8 Å². The molecule has 0 radical (unpaired) electrons. The van der Waals surface area contributed by atoms with E-state index in [1.54, 1.807) is 11.8 Å². The lowest BCUT2D eigenvalue weighted by molar-refractivity contribution is -0.125. The molecule has 2 atom stereocenters. The Morgan fingerprint density at radius 2 is 2.00 bits per heavy atom. The second-order valence-electron chi connectivity index (χ2n) is 5.41. The molecule has 4 nitrogen and oxygen atoms in total. The average molecular weight is 297 g/mol. The summed E-state index contributed by atoms with van der Waals surface area (Å²) < 4.78 is -0.712. The second kappa shape index (κ2) is 6.31. The van der Waals surface area contributed by atoms with Gasteiger partial charge in [-0.2, -0.15) is 0 Å². The number of amides is 2. The quantitative estimate of drug-likeness (QED) is 0.409. The molecule has 5 heteroatoms. The van der Waals surface area contributed by atoms with Crippen LogP contribution in [0.1, 0.15) is 46.0 Å². The third-order valence-corrected chi connectivity index (χ3v) is 5.89. The van der Waals surface area contributed by atoms with Crippen molar-refractivity contribution in [3.8, 4) is 0 Å². The van der Waals surface area contributed by atoms with Gasteiger partial charge >= 0.3 is 0 Å². The molecule has 2 N–H and O–H groups in total. The molecule has 20 heavy (non-hydrogen) atoms. The van der Waals surface area contributed by atoms with Crippen LogP contribution in [0.5, 0.6) is 0 Å². The Bertz CT molecular complexity index is 446. The first-order chi connectivity index (χ1) is 9.63. The number of unbranched alkanes of at least 4 members (excludes halogenated alkanes) is 3. The Morgan fingerprint density at radius 1 is 1.25 bits per heavy atom. The van der Waals surface area contributed by atoms with E-state index in [9.17, 15) is 14.7 Å². The Labute approximate surface area is 124 Å². The molecule has 1 fully saturated rings. The lowest BCUT2D eigenvalue weighted by Crippen LogP contribution is -2.51. The van der Waals surface area contributed by atoms with Gasteiger partial charge in [-0.1, -0.05) is 33.1 Å². The molecule has 0 aromatic carbocycles.